The Morgan fingerprint density at radius 3 is 2.25 bits per heavy atom. The minimum absolute atomic E-state index is 0.0489. The fourth-order valence-corrected chi connectivity index (χ4v) is 3.52. The van der Waals surface area contributed by atoms with Crippen LogP contribution in [0.5, 0.6) is 0 Å². The van der Waals surface area contributed by atoms with Crippen molar-refractivity contribution in [2.24, 2.45) is 0 Å². The highest BCUT2D eigenvalue weighted by atomic mass is 16.5. The summed E-state index contributed by atoms with van der Waals surface area (Å²) in [6.45, 7) is 9.71. The molecule has 5 nitrogen and oxygen atoms in total. The maximum Gasteiger partial charge on any atom is 0.224 e. The van der Waals surface area contributed by atoms with Crippen molar-refractivity contribution in [2.75, 3.05) is 54.5 Å². The number of carbonyl (C=O) groups is 1. The Labute approximate surface area is 168 Å². The van der Waals surface area contributed by atoms with Gasteiger partial charge in [0.1, 0.15) is 0 Å². The van der Waals surface area contributed by atoms with Gasteiger partial charge in [0.25, 0.3) is 0 Å². The fraction of sp³-hybridized carbons (Fsp3) is 0.435. The van der Waals surface area contributed by atoms with Crippen molar-refractivity contribution < 1.29 is 9.53 Å². The summed E-state index contributed by atoms with van der Waals surface area (Å²) >= 11 is 0. The minimum atomic E-state index is 0.0489. The van der Waals surface area contributed by atoms with E-state index in [1.807, 2.05) is 12.1 Å². The van der Waals surface area contributed by atoms with Gasteiger partial charge in [-0.2, -0.15) is 0 Å². The number of hydrogen-bond donors (Lipinski definition) is 1. The van der Waals surface area contributed by atoms with E-state index in [0.29, 0.717) is 6.42 Å². The van der Waals surface area contributed by atoms with Crippen molar-refractivity contribution in [3.05, 3.63) is 54.1 Å². The SMILES string of the molecule is CCN(CC)c1ccc(NC(=O)CCc2ccc(N3CCOCC3)cc2)cc1. The second kappa shape index (κ2) is 10.1. The number of nitrogens with zero attached hydrogens (tertiary/aromatic N) is 2. The van der Waals surface area contributed by atoms with Gasteiger partial charge in [-0.05, 0) is 62.2 Å². The van der Waals surface area contributed by atoms with Gasteiger partial charge in [-0.25, -0.2) is 0 Å². The van der Waals surface area contributed by atoms with Gasteiger partial charge in [-0.1, -0.05) is 12.1 Å². The summed E-state index contributed by atoms with van der Waals surface area (Å²) in [6.07, 6.45) is 1.22. The lowest BCUT2D eigenvalue weighted by molar-refractivity contribution is -0.116. The first-order valence-electron chi connectivity index (χ1n) is 10.3. The third-order valence-corrected chi connectivity index (χ3v) is 5.23. The minimum Gasteiger partial charge on any atom is -0.378 e. The number of amides is 1. The average Bonchev–Trinajstić information content (AvgIpc) is 2.75. The molecular weight excluding hydrogens is 350 g/mol. The number of anilines is 3. The molecule has 2 aromatic carbocycles. The Morgan fingerprint density at radius 2 is 1.64 bits per heavy atom. The number of morpholine rings is 1. The van der Waals surface area contributed by atoms with Gasteiger partial charge < -0.3 is 19.9 Å². The van der Waals surface area contributed by atoms with Gasteiger partial charge in [0.05, 0.1) is 13.2 Å². The molecular formula is C23H31N3O2. The lowest BCUT2D eigenvalue weighted by Crippen LogP contribution is -2.36. The van der Waals surface area contributed by atoms with Crippen molar-refractivity contribution >= 4 is 23.0 Å². The monoisotopic (exact) mass is 381 g/mol. The maximum absolute atomic E-state index is 12.3. The number of carbonyl (C=O) groups excluding carboxylic acids is 1. The van der Waals surface area contributed by atoms with E-state index in [-0.39, 0.29) is 5.91 Å². The molecule has 0 bridgehead atoms. The molecule has 150 valence electrons. The quantitative estimate of drug-likeness (QED) is 0.752. The molecule has 1 aliphatic rings. The molecule has 1 N–H and O–H groups in total. The summed E-state index contributed by atoms with van der Waals surface area (Å²) in [6, 6.07) is 16.6. The molecule has 0 aromatic heterocycles. The summed E-state index contributed by atoms with van der Waals surface area (Å²) in [5, 5.41) is 3.00. The van der Waals surface area contributed by atoms with Crippen molar-refractivity contribution in [2.45, 2.75) is 26.7 Å². The molecule has 0 saturated carbocycles. The van der Waals surface area contributed by atoms with Crippen molar-refractivity contribution in [1.82, 2.24) is 0 Å². The number of hydrogen-bond acceptors (Lipinski definition) is 4. The van der Waals surface area contributed by atoms with Crippen LogP contribution in [-0.4, -0.2) is 45.3 Å². The average molecular weight is 382 g/mol. The first-order chi connectivity index (χ1) is 13.7. The second-order valence-electron chi connectivity index (χ2n) is 7.03. The number of rotatable bonds is 8. The Hall–Kier alpha value is -2.53. The molecule has 1 amide bonds. The zero-order chi connectivity index (χ0) is 19.8. The molecule has 0 unspecified atom stereocenters. The predicted molar refractivity (Wildman–Crippen MR) is 116 cm³/mol. The van der Waals surface area contributed by atoms with Gasteiger partial charge in [0.2, 0.25) is 5.91 Å². The molecule has 1 aliphatic heterocycles. The zero-order valence-corrected chi connectivity index (χ0v) is 17.0. The molecule has 1 heterocycles. The van der Waals surface area contributed by atoms with Crippen LogP contribution in [0.15, 0.2) is 48.5 Å². The second-order valence-corrected chi connectivity index (χ2v) is 7.03. The lowest BCUT2D eigenvalue weighted by Gasteiger charge is -2.28. The van der Waals surface area contributed by atoms with E-state index >= 15 is 0 Å². The van der Waals surface area contributed by atoms with Crippen LogP contribution in [0.1, 0.15) is 25.8 Å². The lowest BCUT2D eigenvalue weighted by atomic mass is 10.1. The normalized spacial score (nSPS) is 14.0. The van der Waals surface area contributed by atoms with Crippen LogP contribution in [0.25, 0.3) is 0 Å². The fourth-order valence-electron chi connectivity index (χ4n) is 3.52. The van der Waals surface area contributed by atoms with Gasteiger partial charge >= 0.3 is 0 Å². The van der Waals surface area contributed by atoms with Crippen LogP contribution >= 0.6 is 0 Å². The predicted octanol–water partition coefficient (Wildman–Crippen LogP) is 3.94. The first-order valence-corrected chi connectivity index (χ1v) is 10.3. The Bertz CT molecular complexity index is 733. The van der Waals surface area contributed by atoms with Crippen molar-refractivity contribution in [1.29, 1.82) is 0 Å². The highest BCUT2D eigenvalue weighted by Crippen LogP contribution is 2.19. The molecule has 2 aromatic rings. The standard InChI is InChI=1S/C23H31N3O2/c1-3-25(4-2)21-12-8-20(9-13-21)24-23(27)14-7-19-5-10-22(11-6-19)26-15-17-28-18-16-26/h5-6,8-13H,3-4,7,14-18H2,1-2H3,(H,24,27). The van der Waals surface area contributed by atoms with Crippen LogP contribution < -0.4 is 15.1 Å². The summed E-state index contributed by atoms with van der Waals surface area (Å²) < 4.78 is 5.40. The number of nitrogens with one attached hydrogen (secondary N) is 1. The Kier molecular flexibility index (Phi) is 7.31. The highest BCUT2D eigenvalue weighted by molar-refractivity contribution is 5.91. The van der Waals surface area contributed by atoms with Crippen molar-refractivity contribution in [3.8, 4) is 0 Å². The molecule has 0 spiro atoms. The van der Waals surface area contributed by atoms with Crippen LogP contribution in [0.3, 0.4) is 0 Å². The van der Waals surface area contributed by atoms with Crippen LogP contribution in [0.4, 0.5) is 17.1 Å². The van der Waals surface area contributed by atoms with E-state index in [1.54, 1.807) is 0 Å². The highest BCUT2D eigenvalue weighted by Gasteiger charge is 2.11. The van der Waals surface area contributed by atoms with Crippen LogP contribution in [0, 0.1) is 0 Å². The molecule has 1 fully saturated rings. The van der Waals surface area contributed by atoms with Crippen LogP contribution in [0.2, 0.25) is 0 Å². The first kappa shape index (κ1) is 20.2. The van der Waals surface area contributed by atoms with E-state index in [0.717, 1.165) is 51.5 Å². The molecule has 0 atom stereocenters. The summed E-state index contributed by atoms with van der Waals surface area (Å²) in [5.41, 5.74) is 4.45. The Balaban J connectivity index is 1.47. The van der Waals surface area contributed by atoms with Gasteiger partial charge in [-0.3, -0.25) is 4.79 Å². The van der Waals surface area contributed by atoms with Gasteiger partial charge in [-0.15, -0.1) is 0 Å². The number of benzene rings is 2. The van der Waals surface area contributed by atoms with Gasteiger partial charge in [0, 0.05) is 49.7 Å². The molecule has 1 saturated heterocycles. The third kappa shape index (κ3) is 5.49. The largest absolute Gasteiger partial charge is 0.378 e. The number of aryl methyl sites for hydroxylation is 1. The third-order valence-electron chi connectivity index (χ3n) is 5.23. The molecule has 5 heteroatoms. The molecule has 3 rings (SSSR count). The zero-order valence-electron chi connectivity index (χ0n) is 17.0. The van der Waals surface area contributed by atoms with E-state index in [4.69, 9.17) is 4.74 Å². The molecule has 28 heavy (non-hydrogen) atoms. The summed E-state index contributed by atoms with van der Waals surface area (Å²) in [5.74, 6) is 0.0489. The Morgan fingerprint density at radius 1 is 1.00 bits per heavy atom. The van der Waals surface area contributed by atoms with E-state index < -0.39 is 0 Å². The van der Waals surface area contributed by atoms with Gasteiger partial charge in [0.15, 0.2) is 0 Å². The molecule has 0 aliphatic carbocycles. The summed E-state index contributed by atoms with van der Waals surface area (Å²) in [4.78, 5) is 16.9. The van der Waals surface area contributed by atoms with E-state index in [9.17, 15) is 4.79 Å². The smallest absolute Gasteiger partial charge is 0.224 e. The van der Waals surface area contributed by atoms with E-state index in [2.05, 4.69) is 65.4 Å². The van der Waals surface area contributed by atoms with E-state index in [1.165, 1.54) is 16.9 Å². The van der Waals surface area contributed by atoms with Crippen molar-refractivity contribution in [3.63, 3.8) is 0 Å². The topological polar surface area (TPSA) is 44.8 Å². The van der Waals surface area contributed by atoms with Crippen LogP contribution in [-0.2, 0) is 16.0 Å². The maximum atomic E-state index is 12.3. The number of ether oxygens (including phenoxy) is 1. The molecule has 0 radical (unpaired) electrons. The summed E-state index contributed by atoms with van der Waals surface area (Å²) in [7, 11) is 0.